The second-order valence-electron chi connectivity index (χ2n) is 4.04. The molecule has 0 aliphatic carbocycles. The number of aliphatic carboxylic acids is 1. The first kappa shape index (κ1) is 11.3. The molecule has 2 rings (SSSR count). The van der Waals surface area contributed by atoms with E-state index in [1.807, 2.05) is 23.6 Å². The van der Waals surface area contributed by atoms with E-state index in [9.17, 15) is 4.79 Å². The molecule has 0 amide bonds. The van der Waals surface area contributed by atoms with E-state index in [-0.39, 0.29) is 6.54 Å². The van der Waals surface area contributed by atoms with E-state index in [4.69, 9.17) is 5.11 Å². The molecule has 1 N–H and O–H groups in total. The maximum absolute atomic E-state index is 10.8. The molecule has 0 saturated heterocycles. The van der Waals surface area contributed by atoms with Gasteiger partial charge in [0.15, 0.2) is 0 Å². The van der Waals surface area contributed by atoms with Crippen LogP contribution in [0.3, 0.4) is 0 Å². The summed E-state index contributed by atoms with van der Waals surface area (Å²) < 4.78 is 0. The highest BCUT2D eigenvalue weighted by Crippen LogP contribution is 2.39. The predicted octanol–water partition coefficient (Wildman–Crippen LogP) is 2.30. The van der Waals surface area contributed by atoms with Crippen LogP contribution in [0.1, 0.15) is 11.1 Å². The van der Waals surface area contributed by atoms with Gasteiger partial charge in [-0.3, -0.25) is 4.79 Å². The van der Waals surface area contributed by atoms with E-state index in [0.717, 1.165) is 23.5 Å². The molecule has 1 aliphatic heterocycles. The van der Waals surface area contributed by atoms with Crippen LogP contribution in [0.25, 0.3) is 0 Å². The Morgan fingerprint density at radius 3 is 2.81 bits per heavy atom. The average Bonchev–Trinajstić information content (AvgIpc) is 2.23. The molecule has 1 aromatic carbocycles. The highest BCUT2D eigenvalue weighted by Gasteiger charge is 2.22. The molecular formula is C12H15NO2S. The van der Waals surface area contributed by atoms with Crippen molar-refractivity contribution in [1.82, 2.24) is 0 Å². The standard InChI is InChI=1S/C12H15NO2S/c1-8-3-4-9(2)12-11(8)13(5-6-16-12)7-10(14)15/h3-4H,5-7H2,1-2H3,(H,14,15). The van der Waals surface area contributed by atoms with Gasteiger partial charge in [0, 0.05) is 17.2 Å². The molecular weight excluding hydrogens is 222 g/mol. The van der Waals surface area contributed by atoms with Gasteiger partial charge in [0.05, 0.1) is 5.69 Å². The third-order valence-corrected chi connectivity index (χ3v) is 3.97. The van der Waals surface area contributed by atoms with Crippen molar-refractivity contribution in [2.75, 3.05) is 23.7 Å². The van der Waals surface area contributed by atoms with Crippen molar-refractivity contribution in [3.8, 4) is 0 Å². The number of rotatable bonds is 2. The lowest BCUT2D eigenvalue weighted by Gasteiger charge is -2.32. The topological polar surface area (TPSA) is 40.5 Å². The van der Waals surface area contributed by atoms with Crippen molar-refractivity contribution in [3.05, 3.63) is 23.3 Å². The normalized spacial score (nSPS) is 14.8. The summed E-state index contributed by atoms with van der Waals surface area (Å²) in [5.41, 5.74) is 3.51. The molecule has 4 heteroatoms. The fourth-order valence-corrected chi connectivity index (χ4v) is 3.28. The summed E-state index contributed by atoms with van der Waals surface area (Å²) >= 11 is 1.83. The maximum atomic E-state index is 10.8. The summed E-state index contributed by atoms with van der Waals surface area (Å²) in [5, 5.41) is 8.90. The lowest BCUT2D eigenvalue weighted by Crippen LogP contribution is -2.34. The van der Waals surface area contributed by atoms with Gasteiger partial charge in [0.25, 0.3) is 0 Å². The van der Waals surface area contributed by atoms with Crippen LogP contribution in [0, 0.1) is 13.8 Å². The van der Waals surface area contributed by atoms with E-state index in [0.29, 0.717) is 0 Å². The second-order valence-corrected chi connectivity index (χ2v) is 5.15. The van der Waals surface area contributed by atoms with E-state index < -0.39 is 5.97 Å². The molecule has 86 valence electrons. The van der Waals surface area contributed by atoms with Gasteiger partial charge in [0.2, 0.25) is 0 Å². The molecule has 1 heterocycles. The lowest BCUT2D eigenvalue weighted by atomic mass is 10.1. The molecule has 0 fully saturated rings. The molecule has 0 radical (unpaired) electrons. The zero-order valence-corrected chi connectivity index (χ0v) is 10.3. The smallest absolute Gasteiger partial charge is 0.323 e. The first-order chi connectivity index (χ1) is 7.59. The van der Waals surface area contributed by atoms with Crippen molar-refractivity contribution in [2.24, 2.45) is 0 Å². The number of carboxylic acids is 1. The van der Waals surface area contributed by atoms with Crippen LogP contribution in [-0.4, -0.2) is 29.9 Å². The van der Waals surface area contributed by atoms with Gasteiger partial charge in [-0.25, -0.2) is 0 Å². The number of nitrogens with zero attached hydrogens (tertiary/aromatic N) is 1. The summed E-state index contributed by atoms with van der Waals surface area (Å²) in [4.78, 5) is 14.0. The number of hydrogen-bond donors (Lipinski definition) is 1. The third-order valence-electron chi connectivity index (χ3n) is 2.78. The SMILES string of the molecule is Cc1ccc(C)c2c1SCCN2CC(=O)O. The van der Waals surface area contributed by atoms with Crippen LogP contribution in [0.5, 0.6) is 0 Å². The van der Waals surface area contributed by atoms with Crippen LogP contribution >= 0.6 is 11.8 Å². The summed E-state index contributed by atoms with van der Waals surface area (Å²) in [6.45, 7) is 5.03. The first-order valence-corrected chi connectivity index (χ1v) is 6.28. The maximum Gasteiger partial charge on any atom is 0.323 e. The summed E-state index contributed by atoms with van der Waals surface area (Å²) in [6.07, 6.45) is 0. The monoisotopic (exact) mass is 237 g/mol. The molecule has 16 heavy (non-hydrogen) atoms. The quantitative estimate of drug-likeness (QED) is 0.857. The minimum absolute atomic E-state index is 0.0951. The van der Waals surface area contributed by atoms with Crippen molar-refractivity contribution in [3.63, 3.8) is 0 Å². The highest BCUT2D eigenvalue weighted by molar-refractivity contribution is 7.99. The Balaban J connectivity index is 2.44. The Morgan fingerprint density at radius 1 is 1.44 bits per heavy atom. The Morgan fingerprint density at radius 2 is 2.12 bits per heavy atom. The highest BCUT2D eigenvalue weighted by atomic mass is 32.2. The van der Waals surface area contributed by atoms with Gasteiger partial charge in [-0.1, -0.05) is 12.1 Å². The lowest BCUT2D eigenvalue weighted by molar-refractivity contribution is -0.135. The van der Waals surface area contributed by atoms with Crippen molar-refractivity contribution in [1.29, 1.82) is 0 Å². The van der Waals surface area contributed by atoms with Gasteiger partial charge < -0.3 is 10.0 Å². The van der Waals surface area contributed by atoms with Crippen LogP contribution in [-0.2, 0) is 4.79 Å². The Hall–Kier alpha value is -1.16. The zero-order valence-electron chi connectivity index (χ0n) is 9.49. The van der Waals surface area contributed by atoms with Crippen molar-refractivity contribution in [2.45, 2.75) is 18.7 Å². The van der Waals surface area contributed by atoms with E-state index in [1.54, 1.807) is 0 Å². The van der Waals surface area contributed by atoms with Crippen LogP contribution in [0.15, 0.2) is 17.0 Å². The van der Waals surface area contributed by atoms with Gasteiger partial charge in [-0.15, -0.1) is 11.8 Å². The largest absolute Gasteiger partial charge is 0.480 e. The summed E-state index contributed by atoms with van der Waals surface area (Å²) in [6, 6.07) is 4.17. The number of hydrogen-bond acceptors (Lipinski definition) is 3. The number of carboxylic acid groups (broad SMARTS) is 1. The van der Waals surface area contributed by atoms with Gasteiger partial charge >= 0.3 is 5.97 Å². The van der Waals surface area contributed by atoms with E-state index in [2.05, 4.69) is 19.1 Å². The van der Waals surface area contributed by atoms with Crippen molar-refractivity contribution < 1.29 is 9.90 Å². The molecule has 1 aliphatic rings. The molecule has 3 nitrogen and oxygen atoms in total. The molecule has 0 saturated carbocycles. The number of aryl methyl sites for hydroxylation is 2. The summed E-state index contributed by atoms with van der Waals surface area (Å²) in [5.74, 6) is 0.198. The average molecular weight is 237 g/mol. The molecule has 0 bridgehead atoms. The zero-order chi connectivity index (χ0) is 11.7. The number of thioether (sulfide) groups is 1. The van der Waals surface area contributed by atoms with Gasteiger partial charge in [-0.05, 0) is 25.0 Å². The third kappa shape index (κ3) is 2.02. The Bertz CT molecular complexity index is 431. The number of benzene rings is 1. The molecule has 0 atom stereocenters. The Labute approximate surface area is 99.5 Å². The minimum Gasteiger partial charge on any atom is -0.480 e. The fourth-order valence-electron chi connectivity index (χ4n) is 2.04. The molecule has 0 unspecified atom stereocenters. The fraction of sp³-hybridized carbons (Fsp3) is 0.417. The number of fused-ring (bicyclic) bond motifs is 1. The van der Waals surface area contributed by atoms with E-state index >= 15 is 0 Å². The number of anilines is 1. The number of carbonyl (C=O) groups is 1. The van der Waals surface area contributed by atoms with Crippen molar-refractivity contribution >= 4 is 23.4 Å². The van der Waals surface area contributed by atoms with Crippen LogP contribution in [0.2, 0.25) is 0 Å². The van der Waals surface area contributed by atoms with Gasteiger partial charge in [-0.2, -0.15) is 0 Å². The predicted molar refractivity (Wildman–Crippen MR) is 66.5 cm³/mol. The first-order valence-electron chi connectivity index (χ1n) is 5.29. The van der Waals surface area contributed by atoms with Gasteiger partial charge in [0.1, 0.15) is 6.54 Å². The minimum atomic E-state index is -0.765. The Kier molecular flexibility index (Phi) is 3.10. The summed E-state index contributed by atoms with van der Waals surface area (Å²) in [7, 11) is 0. The second kappa shape index (κ2) is 4.37. The van der Waals surface area contributed by atoms with Crippen LogP contribution < -0.4 is 4.90 Å². The molecule has 0 aromatic heterocycles. The van der Waals surface area contributed by atoms with E-state index in [1.165, 1.54) is 10.5 Å². The van der Waals surface area contributed by atoms with Crippen LogP contribution in [0.4, 0.5) is 5.69 Å². The molecule has 1 aromatic rings. The molecule has 0 spiro atoms.